The van der Waals surface area contributed by atoms with Gasteiger partial charge in [0.1, 0.15) is 0 Å². The van der Waals surface area contributed by atoms with Crippen LogP contribution in [0.3, 0.4) is 0 Å². The molecule has 0 aromatic carbocycles. The molecular formula is C12H24N2. The maximum absolute atomic E-state index is 3.84. The number of nitrogens with zero attached hydrogens (tertiary/aromatic N) is 1. The molecule has 0 amide bonds. The fourth-order valence-electron chi connectivity index (χ4n) is 2.87. The van der Waals surface area contributed by atoms with Crippen LogP contribution in [0.4, 0.5) is 0 Å². The Morgan fingerprint density at radius 3 is 2.43 bits per heavy atom. The van der Waals surface area contributed by atoms with E-state index >= 15 is 0 Å². The van der Waals surface area contributed by atoms with Gasteiger partial charge in [0.15, 0.2) is 0 Å². The number of nitrogens with one attached hydrogen (secondary N) is 1. The monoisotopic (exact) mass is 196 g/mol. The maximum Gasteiger partial charge on any atom is 0.00966 e. The van der Waals surface area contributed by atoms with Crippen LogP contribution < -0.4 is 5.32 Å². The molecule has 0 bridgehead atoms. The lowest BCUT2D eigenvalue weighted by Crippen LogP contribution is -2.48. The molecule has 0 radical (unpaired) electrons. The largest absolute Gasteiger partial charge is 0.311 e. The molecule has 1 saturated carbocycles. The van der Waals surface area contributed by atoms with E-state index in [1.165, 1.54) is 45.1 Å². The minimum atomic E-state index is 0.766. The van der Waals surface area contributed by atoms with Gasteiger partial charge in [0.2, 0.25) is 0 Å². The van der Waals surface area contributed by atoms with Crippen molar-refractivity contribution in [1.82, 2.24) is 10.2 Å². The molecule has 2 atom stereocenters. The number of rotatable bonds is 2. The molecule has 1 saturated heterocycles. The summed E-state index contributed by atoms with van der Waals surface area (Å²) >= 11 is 0. The molecule has 2 nitrogen and oxygen atoms in total. The van der Waals surface area contributed by atoms with Gasteiger partial charge in [0.25, 0.3) is 0 Å². The van der Waals surface area contributed by atoms with Crippen LogP contribution in [0.15, 0.2) is 0 Å². The van der Waals surface area contributed by atoms with Crippen molar-refractivity contribution in [2.24, 2.45) is 0 Å². The molecule has 1 aliphatic heterocycles. The summed E-state index contributed by atoms with van der Waals surface area (Å²) in [7, 11) is 2.25. The van der Waals surface area contributed by atoms with E-state index in [1.54, 1.807) is 0 Å². The van der Waals surface area contributed by atoms with Gasteiger partial charge in [-0.2, -0.15) is 0 Å². The second kappa shape index (κ2) is 4.63. The van der Waals surface area contributed by atoms with Gasteiger partial charge in [-0.25, -0.2) is 0 Å². The van der Waals surface area contributed by atoms with Crippen molar-refractivity contribution in [3.63, 3.8) is 0 Å². The third kappa shape index (κ3) is 2.48. The minimum absolute atomic E-state index is 0.766. The Morgan fingerprint density at radius 1 is 1.07 bits per heavy atom. The molecule has 0 aromatic heterocycles. The quantitative estimate of drug-likeness (QED) is 0.726. The fourth-order valence-corrected chi connectivity index (χ4v) is 2.87. The molecule has 0 aromatic rings. The van der Waals surface area contributed by atoms with Crippen LogP contribution in [0.2, 0.25) is 0 Å². The third-order valence-corrected chi connectivity index (χ3v) is 4.03. The molecule has 2 aliphatic rings. The first-order chi connectivity index (χ1) is 6.75. The number of likely N-dealkylation sites (tertiary alicyclic amines) is 1. The molecule has 2 unspecified atom stereocenters. The van der Waals surface area contributed by atoms with Crippen LogP contribution in [0, 0.1) is 0 Å². The Labute approximate surface area is 88.1 Å². The molecular weight excluding hydrogens is 172 g/mol. The van der Waals surface area contributed by atoms with E-state index in [2.05, 4.69) is 24.2 Å². The van der Waals surface area contributed by atoms with E-state index in [1.807, 2.05) is 0 Å². The Balaban J connectivity index is 1.75. The van der Waals surface area contributed by atoms with Crippen molar-refractivity contribution in [1.29, 1.82) is 0 Å². The SMILES string of the molecule is CC1CC(NC2CCCC2)CCN1C. The smallest absolute Gasteiger partial charge is 0.00966 e. The summed E-state index contributed by atoms with van der Waals surface area (Å²) in [6.45, 7) is 3.62. The first-order valence-corrected chi connectivity index (χ1v) is 6.22. The van der Waals surface area contributed by atoms with Gasteiger partial charge < -0.3 is 10.2 Å². The highest BCUT2D eigenvalue weighted by atomic mass is 15.1. The van der Waals surface area contributed by atoms with Gasteiger partial charge >= 0.3 is 0 Å². The normalized spacial score (nSPS) is 36.4. The van der Waals surface area contributed by atoms with Gasteiger partial charge in [-0.05, 0) is 46.2 Å². The van der Waals surface area contributed by atoms with Crippen molar-refractivity contribution >= 4 is 0 Å². The molecule has 0 spiro atoms. The van der Waals surface area contributed by atoms with E-state index in [0.29, 0.717) is 0 Å². The van der Waals surface area contributed by atoms with E-state index in [4.69, 9.17) is 0 Å². The van der Waals surface area contributed by atoms with Gasteiger partial charge in [-0.1, -0.05) is 12.8 Å². The van der Waals surface area contributed by atoms with Crippen molar-refractivity contribution < 1.29 is 0 Å². The highest BCUT2D eigenvalue weighted by Crippen LogP contribution is 2.21. The number of hydrogen-bond acceptors (Lipinski definition) is 2. The van der Waals surface area contributed by atoms with Crippen LogP contribution in [0.25, 0.3) is 0 Å². The minimum Gasteiger partial charge on any atom is -0.311 e. The summed E-state index contributed by atoms with van der Waals surface area (Å²) in [5, 5.41) is 3.84. The molecule has 2 fully saturated rings. The lowest BCUT2D eigenvalue weighted by Gasteiger charge is -2.36. The van der Waals surface area contributed by atoms with Crippen molar-refractivity contribution in [3.05, 3.63) is 0 Å². The average molecular weight is 196 g/mol. The molecule has 2 heteroatoms. The Kier molecular flexibility index (Phi) is 3.45. The predicted molar refractivity (Wildman–Crippen MR) is 60.5 cm³/mol. The standard InChI is InChI=1S/C12H24N2/c1-10-9-12(7-8-14(10)2)13-11-5-3-4-6-11/h10-13H,3-9H2,1-2H3. The number of hydrogen-bond donors (Lipinski definition) is 1. The van der Waals surface area contributed by atoms with Gasteiger partial charge in [-0.15, -0.1) is 0 Å². The Bertz CT molecular complexity index is 175. The first-order valence-electron chi connectivity index (χ1n) is 6.22. The lowest BCUT2D eigenvalue weighted by molar-refractivity contribution is 0.162. The summed E-state index contributed by atoms with van der Waals surface area (Å²) < 4.78 is 0. The Hall–Kier alpha value is -0.0800. The van der Waals surface area contributed by atoms with Crippen molar-refractivity contribution in [3.8, 4) is 0 Å². The zero-order valence-electron chi connectivity index (χ0n) is 9.63. The summed E-state index contributed by atoms with van der Waals surface area (Å²) in [4.78, 5) is 2.48. The van der Waals surface area contributed by atoms with Crippen LogP contribution in [-0.2, 0) is 0 Å². The van der Waals surface area contributed by atoms with Crippen LogP contribution in [0.1, 0.15) is 45.4 Å². The average Bonchev–Trinajstić information content (AvgIpc) is 2.64. The topological polar surface area (TPSA) is 15.3 Å². The predicted octanol–water partition coefficient (Wildman–Crippen LogP) is 2.00. The highest BCUT2D eigenvalue weighted by molar-refractivity contribution is 4.85. The molecule has 1 N–H and O–H groups in total. The molecule has 82 valence electrons. The van der Waals surface area contributed by atoms with Gasteiger partial charge in [-0.3, -0.25) is 0 Å². The first kappa shape index (κ1) is 10.4. The second-order valence-corrected chi connectivity index (χ2v) is 5.20. The van der Waals surface area contributed by atoms with E-state index in [-0.39, 0.29) is 0 Å². The van der Waals surface area contributed by atoms with E-state index in [0.717, 1.165) is 18.1 Å². The summed E-state index contributed by atoms with van der Waals surface area (Å²) in [5.41, 5.74) is 0. The second-order valence-electron chi connectivity index (χ2n) is 5.20. The molecule has 14 heavy (non-hydrogen) atoms. The fraction of sp³-hybridized carbons (Fsp3) is 1.00. The number of piperidine rings is 1. The van der Waals surface area contributed by atoms with Gasteiger partial charge in [0.05, 0.1) is 0 Å². The Morgan fingerprint density at radius 2 is 1.79 bits per heavy atom. The van der Waals surface area contributed by atoms with Crippen LogP contribution in [0.5, 0.6) is 0 Å². The highest BCUT2D eigenvalue weighted by Gasteiger charge is 2.25. The third-order valence-electron chi connectivity index (χ3n) is 4.03. The van der Waals surface area contributed by atoms with Crippen molar-refractivity contribution in [2.75, 3.05) is 13.6 Å². The zero-order valence-corrected chi connectivity index (χ0v) is 9.63. The molecule has 2 rings (SSSR count). The summed E-state index contributed by atoms with van der Waals surface area (Å²) in [5.74, 6) is 0. The van der Waals surface area contributed by atoms with Crippen molar-refractivity contribution in [2.45, 2.75) is 63.6 Å². The van der Waals surface area contributed by atoms with Crippen LogP contribution in [-0.4, -0.2) is 36.6 Å². The maximum atomic E-state index is 3.84. The summed E-state index contributed by atoms with van der Waals surface area (Å²) in [6, 6.07) is 2.41. The van der Waals surface area contributed by atoms with Gasteiger partial charge in [0, 0.05) is 18.1 Å². The van der Waals surface area contributed by atoms with E-state index in [9.17, 15) is 0 Å². The molecule has 1 aliphatic carbocycles. The van der Waals surface area contributed by atoms with Crippen LogP contribution >= 0.6 is 0 Å². The lowest BCUT2D eigenvalue weighted by atomic mass is 9.98. The zero-order chi connectivity index (χ0) is 9.97. The summed E-state index contributed by atoms with van der Waals surface area (Å²) in [6.07, 6.45) is 8.41. The van der Waals surface area contributed by atoms with E-state index < -0.39 is 0 Å². The molecule has 1 heterocycles.